The number of carbonyl (C=O) groups is 2. The number of rotatable bonds is 6. The lowest BCUT2D eigenvalue weighted by atomic mass is 10.1. The van der Waals surface area contributed by atoms with Gasteiger partial charge in [-0.15, -0.1) is 10.2 Å². The molecule has 2 N–H and O–H groups in total. The first kappa shape index (κ1) is 18.9. The van der Waals surface area contributed by atoms with E-state index in [2.05, 4.69) is 19.7 Å². The minimum absolute atomic E-state index is 0.180. The molecule has 1 amide bonds. The van der Waals surface area contributed by atoms with Crippen molar-refractivity contribution in [2.24, 2.45) is 0 Å². The number of hydrogen-bond acceptors (Lipinski definition) is 8. The number of alkyl carbamates (subject to hydrolysis) is 1. The second-order valence-electron chi connectivity index (χ2n) is 4.06. The van der Waals surface area contributed by atoms with Crippen molar-refractivity contribution >= 4 is 28.5 Å². The van der Waals surface area contributed by atoms with E-state index in [4.69, 9.17) is 0 Å². The van der Waals surface area contributed by atoms with Gasteiger partial charge >= 0.3 is 23.9 Å². The molecule has 0 saturated carbocycles. The molecule has 0 aliphatic rings. The number of alkyl halides is 3. The van der Waals surface area contributed by atoms with Crippen molar-refractivity contribution in [2.45, 2.75) is 32.6 Å². The van der Waals surface area contributed by atoms with Crippen LogP contribution in [0, 0.1) is 6.92 Å². The second kappa shape index (κ2) is 7.44. The van der Waals surface area contributed by atoms with Crippen LogP contribution in [-0.2, 0) is 14.3 Å². The Kier molecular flexibility index (Phi) is 6.12. The molecule has 0 unspecified atom stereocenters. The van der Waals surface area contributed by atoms with Crippen molar-refractivity contribution in [1.29, 1.82) is 0 Å². The summed E-state index contributed by atoms with van der Waals surface area (Å²) < 4.78 is 49.6. The normalized spacial score (nSPS) is 13.8. The van der Waals surface area contributed by atoms with Crippen LogP contribution < -0.4 is 10.6 Å². The van der Waals surface area contributed by atoms with Crippen LogP contribution >= 0.6 is 11.3 Å². The molecule has 23 heavy (non-hydrogen) atoms. The summed E-state index contributed by atoms with van der Waals surface area (Å²) in [6.45, 7) is 3.75. The van der Waals surface area contributed by atoms with Crippen molar-refractivity contribution < 1.29 is 32.2 Å². The number of ether oxygens (including phenoxy) is 2. The van der Waals surface area contributed by atoms with Crippen LogP contribution in [0.4, 0.5) is 23.1 Å². The highest BCUT2D eigenvalue weighted by Crippen LogP contribution is 2.34. The number of hydrogen-bond donors (Lipinski definition) is 2. The first-order chi connectivity index (χ1) is 10.7. The van der Waals surface area contributed by atoms with Gasteiger partial charge in [-0.3, -0.25) is 5.32 Å². The third-order valence-electron chi connectivity index (χ3n) is 2.39. The molecule has 8 nitrogen and oxygen atoms in total. The van der Waals surface area contributed by atoms with E-state index in [0.717, 1.165) is 11.3 Å². The van der Waals surface area contributed by atoms with E-state index >= 15 is 0 Å². The number of nitrogens with zero attached hydrogens (tertiary/aromatic N) is 2. The van der Waals surface area contributed by atoms with Gasteiger partial charge in [-0.1, -0.05) is 11.3 Å². The van der Waals surface area contributed by atoms with E-state index in [-0.39, 0.29) is 18.3 Å². The predicted octanol–water partition coefficient (Wildman–Crippen LogP) is 1.83. The van der Waals surface area contributed by atoms with E-state index in [1.165, 1.54) is 26.1 Å². The molecular formula is C11H15F3N4O4S. The minimum atomic E-state index is -5.23. The lowest BCUT2D eigenvalue weighted by molar-refractivity contribution is -0.205. The Bertz CT molecular complexity index is 566. The van der Waals surface area contributed by atoms with E-state index in [9.17, 15) is 22.8 Å². The number of halogens is 3. The Morgan fingerprint density at radius 3 is 2.22 bits per heavy atom. The number of esters is 1. The van der Waals surface area contributed by atoms with Gasteiger partial charge in [-0.05, 0) is 20.8 Å². The second-order valence-corrected chi connectivity index (χ2v) is 5.25. The van der Waals surface area contributed by atoms with Crippen LogP contribution in [0.15, 0.2) is 0 Å². The van der Waals surface area contributed by atoms with Crippen LogP contribution in [-0.4, -0.2) is 47.3 Å². The summed E-state index contributed by atoms with van der Waals surface area (Å²) in [6, 6.07) is 0. The quantitative estimate of drug-likeness (QED) is 0.592. The van der Waals surface area contributed by atoms with Gasteiger partial charge in [0.25, 0.3) is 0 Å². The highest BCUT2D eigenvalue weighted by molar-refractivity contribution is 7.15. The van der Waals surface area contributed by atoms with Crippen molar-refractivity contribution in [3.63, 3.8) is 0 Å². The largest absolute Gasteiger partial charge is 0.463 e. The number of carbonyl (C=O) groups excluding carboxylic acids is 2. The molecule has 0 aromatic carbocycles. The molecule has 0 fully saturated rings. The summed E-state index contributed by atoms with van der Waals surface area (Å²) in [5.74, 6) is -1.74. The maximum absolute atomic E-state index is 13.6. The number of nitrogens with one attached hydrogen (secondary N) is 2. The first-order valence-electron chi connectivity index (χ1n) is 6.43. The third-order valence-corrected chi connectivity index (χ3v) is 3.15. The minimum Gasteiger partial charge on any atom is -0.463 e. The van der Waals surface area contributed by atoms with Gasteiger partial charge in [0.2, 0.25) is 5.13 Å². The van der Waals surface area contributed by atoms with Gasteiger partial charge in [0.05, 0.1) is 13.2 Å². The van der Waals surface area contributed by atoms with Crippen molar-refractivity contribution in [1.82, 2.24) is 15.5 Å². The van der Waals surface area contributed by atoms with E-state index < -0.39 is 23.9 Å². The Morgan fingerprint density at radius 1 is 1.17 bits per heavy atom. The molecule has 1 rings (SSSR count). The first-order valence-corrected chi connectivity index (χ1v) is 7.25. The Labute approximate surface area is 133 Å². The Morgan fingerprint density at radius 2 is 1.78 bits per heavy atom. The van der Waals surface area contributed by atoms with Crippen LogP contribution in [0.5, 0.6) is 0 Å². The number of aromatic nitrogens is 2. The molecular weight excluding hydrogens is 341 g/mol. The average molecular weight is 356 g/mol. The molecule has 1 atom stereocenters. The number of aryl methyl sites for hydroxylation is 1. The monoisotopic (exact) mass is 356 g/mol. The molecule has 0 saturated heterocycles. The standard InChI is InChI=1S/C11H15F3N4O4S/c1-4-21-7(19)10(11(12,13)14,16-9(20)22-5-2)15-8-18-17-6(3)23-8/h4-5H2,1-3H3,(H,15,18)(H,16,20)/t10-/m1/s1. The molecule has 0 bridgehead atoms. The maximum atomic E-state index is 13.6. The number of anilines is 1. The van der Waals surface area contributed by atoms with Crippen molar-refractivity contribution in [3.8, 4) is 0 Å². The summed E-state index contributed by atoms with van der Waals surface area (Å²) in [7, 11) is 0. The van der Waals surface area contributed by atoms with Crippen LogP contribution in [0.3, 0.4) is 0 Å². The molecule has 0 spiro atoms. The average Bonchev–Trinajstić information content (AvgIpc) is 2.82. The summed E-state index contributed by atoms with van der Waals surface area (Å²) in [4.78, 5) is 23.4. The van der Waals surface area contributed by atoms with Gasteiger partial charge in [-0.25, -0.2) is 9.59 Å². The lowest BCUT2D eigenvalue weighted by Gasteiger charge is -2.33. The fourth-order valence-corrected chi connectivity index (χ4v) is 2.11. The summed E-state index contributed by atoms with van der Waals surface area (Å²) in [6.07, 6.45) is -6.67. The predicted molar refractivity (Wildman–Crippen MR) is 73.8 cm³/mol. The van der Waals surface area contributed by atoms with Gasteiger partial charge in [-0.2, -0.15) is 13.2 Å². The highest BCUT2D eigenvalue weighted by atomic mass is 32.1. The van der Waals surface area contributed by atoms with Gasteiger partial charge in [0.1, 0.15) is 5.01 Å². The Hall–Kier alpha value is -2.11. The lowest BCUT2D eigenvalue weighted by Crippen LogP contribution is -2.69. The van der Waals surface area contributed by atoms with E-state index in [0.29, 0.717) is 5.01 Å². The molecule has 0 radical (unpaired) electrons. The summed E-state index contributed by atoms with van der Waals surface area (Å²) >= 11 is 0.773. The number of amides is 1. The molecule has 1 aromatic heterocycles. The highest BCUT2D eigenvalue weighted by Gasteiger charge is 2.64. The Balaban J connectivity index is 3.27. The van der Waals surface area contributed by atoms with Crippen LogP contribution in [0.25, 0.3) is 0 Å². The molecule has 12 heteroatoms. The zero-order valence-corrected chi connectivity index (χ0v) is 13.3. The zero-order valence-electron chi connectivity index (χ0n) is 12.5. The van der Waals surface area contributed by atoms with E-state index in [1.54, 1.807) is 0 Å². The summed E-state index contributed by atoms with van der Waals surface area (Å²) in [5, 5.41) is 10.4. The van der Waals surface area contributed by atoms with Gasteiger partial charge in [0, 0.05) is 0 Å². The third kappa shape index (κ3) is 4.43. The fraction of sp³-hybridized carbons (Fsp3) is 0.636. The summed E-state index contributed by atoms with van der Waals surface area (Å²) in [5.41, 5.74) is -3.54. The topological polar surface area (TPSA) is 102 Å². The molecule has 0 aliphatic carbocycles. The molecule has 1 aromatic rings. The maximum Gasteiger partial charge on any atom is 0.442 e. The SMILES string of the molecule is CCOC(=O)N[C@](Nc1nnc(C)s1)(C(=O)OCC)C(F)(F)F. The van der Waals surface area contributed by atoms with E-state index in [1.807, 2.05) is 5.32 Å². The van der Waals surface area contributed by atoms with Crippen LogP contribution in [0.1, 0.15) is 18.9 Å². The molecule has 1 heterocycles. The molecule has 130 valence electrons. The van der Waals surface area contributed by atoms with Gasteiger partial charge < -0.3 is 14.8 Å². The van der Waals surface area contributed by atoms with Crippen molar-refractivity contribution in [3.05, 3.63) is 5.01 Å². The van der Waals surface area contributed by atoms with Crippen LogP contribution in [0.2, 0.25) is 0 Å². The molecule has 0 aliphatic heterocycles. The fourth-order valence-electron chi connectivity index (χ4n) is 1.46. The zero-order chi connectivity index (χ0) is 17.7. The smallest absolute Gasteiger partial charge is 0.442 e. The van der Waals surface area contributed by atoms with Gasteiger partial charge in [0.15, 0.2) is 0 Å². The van der Waals surface area contributed by atoms with Crippen molar-refractivity contribution in [2.75, 3.05) is 18.5 Å².